The monoisotopic (exact) mass is 235 g/mol. The minimum Gasteiger partial charge on any atom is -0.309 e. The summed E-state index contributed by atoms with van der Waals surface area (Å²) >= 11 is 0. The zero-order chi connectivity index (χ0) is 12.3. The van der Waals surface area contributed by atoms with Gasteiger partial charge < -0.3 is 5.32 Å². The van der Waals surface area contributed by atoms with Gasteiger partial charge in [0.1, 0.15) is 0 Å². The number of nitrogens with zero attached hydrogens (tertiary/aromatic N) is 2. The maximum Gasteiger partial charge on any atom is 0.0625 e. The van der Waals surface area contributed by atoms with E-state index in [0.29, 0.717) is 6.04 Å². The van der Waals surface area contributed by atoms with E-state index in [4.69, 9.17) is 0 Å². The van der Waals surface area contributed by atoms with E-state index < -0.39 is 0 Å². The predicted molar refractivity (Wildman–Crippen MR) is 71.0 cm³/mol. The van der Waals surface area contributed by atoms with Gasteiger partial charge in [0.25, 0.3) is 0 Å². The second kappa shape index (κ2) is 5.67. The second-order valence-electron chi connectivity index (χ2n) is 5.22. The summed E-state index contributed by atoms with van der Waals surface area (Å²) in [5.41, 5.74) is 2.57. The molecule has 1 aliphatic rings. The maximum atomic E-state index is 4.56. The van der Waals surface area contributed by atoms with Crippen LogP contribution in [0.3, 0.4) is 0 Å². The van der Waals surface area contributed by atoms with E-state index in [9.17, 15) is 0 Å². The van der Waals surface area contributed by atoms with Gasteiger partial charge in [-0.15, -0.1) is 0 Å². The largest absolute Gasteiger partial charge is 0.309 e. The number of rotatable bonds is 7. The summed E-state index contributed by atoms with van der Waals surface area (Å²) < 4.78 is 2.06. The fourth-order valence-electron chi connectivity index (χ4n) is 2.36. The highest BCUT2D eigenvalue weighted by molar-refractivity contribution is 5.14. The van der Waals surface area contributed by atoms with Crippen molar-refractivity contribution >= 4 is 0 Å². The van der Waals surface area contributed by atoms with Crippen LogP contribution in [0.4, 0.5) is 0 Å². The van der Waals surface area contributed by atoms with Gasteiger partial charge in [-0.2, -0.15) is 5.10 Å². The van der Waals surface area contributed by atoms with Gasteiger partial charge in [-0.25, -0.2) is 0 Å². The van der Waals surface area contributed by atoms with Crippen LogP contribution >= 0.6 is 0 Å². The first kappa shape index (κ1) is 12.6. The Balaban J connectivity index is 2.07. The molecule has 0 saturated heterocycles. The average molecular weight is 235 g/mol. The molecule has 17 heavy (non-hydrogen) atoms. The Bertz CT molecular complexity index is 352. The SMILES string of the molecule is CCCNC(CC1CC1)c1cc(CC)nn1C. The molecule has 96 valence electrons. The second-order valence-corrected chi connectivity index (χ2v) is 5.22. The Labute approximate surface area is 105 Å². The van der Waals surface area contributed by atoms with Crippen LogP contribution in [-0.2, 0) is 13.5 Å². The lowest BCUT2D eigenvalue weighted by Gasteiger charge is -2.18. The van der Waals surface area contributed by atoms with Crippen LogP contribution in [0.2, 0.25) is 0 Å². The van der Waals surface area contributed by atoms with Crippen molar-refractivity contribution in [1.29, 1.82) is 0 Å². The highest BCUT2D eigenvalue weighted by atomic mass is 15.3. The molecule has 0 bridgehead atoms. The number of hydrogen-bond acceptors (Lipinski definition) is 2. The molecular formula is C14H25N3. The smallest absolute Gasteiger partial charge is 0.0625 e. The van der Waals surface area contributed by atoms with Gasteiger partial charge in [0.15, 0.2) is 0 Å². The van der Waals surface area contributed by atoms with Crippen molar-refractivity contribution in [2.24, 2.45) is 13.0 Å². The summed E-state index contributed by atoms with van der Waals surface area (Å²) in [5.74, 6) is 0.948. The highest BCUT2D eigenvalue weighted by Crippen LogP contribution is 2.37. The van der Waals surface area contributed by atoms with Gasteiger partial charge in [-0.3, -0.25) is 4.68 Å². The number of aromatic nitrogens is 2. The third kappa shape index (κ3) is 3.32. The summed E-state index contributed by atoms with van der Waals surface area (Å²) in [5, 5.41) is 8.24. The molecule has 1 fully saturated rings. The molecule has 1 heterocycles. The third-order valence-corrected chi connectivity index (χ3v) is 3.59. The van der Waals surface area contributed by atoms with Gasteiger partial charge in [0, 0.05) is 13.1 Å². The standard InChI is InChI=1S/C14H25N3/c1-4-8-15-13(9-11-6-7-11)14-10-12(5-2)16-17(14)3/h10-11,13,15H,4-9H2,1-3H3. The molecule has 1 aromatic heterocycles. The Kier molecular flexibility index (Phi) is 4.21. The van der Waals surface area contributed by atoms with Crippen LogP contribution in [0, 0.1) is 5.92 Å². The summed E-state index contributed by atoms with van der Waals surface area (Å²) in [6, 6.07) is 2.77. The minimum atomic E-state index is 0.500. The van der Waals surface area contributed by atoms with Crippen molar-refractivity contribution in [3.05, 3.63) is 17.5 Å². The topological polar surface area (TPSA) is 29.9 Å². The van der Waals surface area contributed by atoms with Gasteiger partial charge in [-0.05, 0) is 37.8 Å². The molecular weight excluding hydrogens is 210 g/mol. The molecule has 1 aromatic rings. The lowest BCUT2D eigenvalue weighted by molar-refractivity contribution is 0.447. The lowest BCUT2D eigenvalue weighted by atomic mass is 10.1. The molecule has 2 rings (SSSR count). The molecule has 3 heteroatoms. The molecule has 1 aliphatic carbocycles. The van der Waals surface area contributed by atoms with Crippen molar-refractivity contribution in [2.45, 2.75) is 52.0 Å². The first-order valence-corrected chi connectivity index (χ1v) is 7.00. The van der Waals surface area contributed by atoms with Crippen LogP contribution in [0.15, 0.2) is 6.07 Å². The van der Waals surface area contributed by atoms with Gasteiger partial charge >= 0.3 is 0 Å². The van der Waals surface area contributed by atoms with Crippen molar-refractivity contribution in [3.8, 4) is 0 Å². The minimum absolute atomic E-state index is 0.500. The first-order chi connectivity index (χ1) is 8.24. The van der Waals surface area contributed by atoms with Crippen LogP contribution in [0.5, 0.6) is 0 Å². The third-order valence-electron chi connectivity index (χ3n) is 3.59. The van der Waals surface area contributed by atoms with Crippen molar-refractivity contribution in [1.82, 2.24) is 15.1 Å². The fourth-order valence-corrected chi connectivity index (χ4v) is 2.36. The zero-order valence-corrected chi connectivity index (χ0v) is 11.4. The predicted octanol–water partition coefficient (Wildman–Crippen LogP) is 2.82. The van der Waals surface area contributed by atoms with E-state index in [1.807, 2.05) is 0 Å². The van der Waals surface area contributed by atoms with Crippen molar-refractivity contribution < 1.29 is 0 Å². The van der Waals surface area contributed by atoms with Crippen LogP contribution in [0.25, 0.3) is 0 Å². The average Bonchev–Trinajstić information content (AvgIpc) is 3.06. The van der Waals surface area contributed by atoms with Crippen LogP contribution in [-0.4, -0.2) is 16.3 Å². The number of nitrogens with one attached hydrogen (secondary N) is 1. The molecule has 1 N–H and O–H groups in total. The Morgan fingerprint density at radius 2 is 2.24 bits per heavy atom. The molecule has 1 unspecified atom stereocenters. The molecule has 1 atom stereocenters. The highest BCUT2D eigenvalue weighted by Gasteiger charge is 2.27. The molecule has 0 spiro atoms. The summed E-state index contributed by atoms with van der Waals surface area (Å²) in [7, 11) is 2.07. The van der Waals surface area contributed by atoms with E-state index >= 15 is 0 Å². The molecule has 0 amide bonds. The van der Waals surface area contributed by atoms with E-state index in [0.717, 1.165) is 18.9 Å². The molecule has 0 aromatic carbocycles. The van der Waals surface area contributed by atoms with E-state index in [1.165, 1.54) is 37.1 Å². The molecule has 3 nitrogen and oxygen atoms in total. The van der Waals surface area contributed by atoms with Gasteiger partial charge in [-0.1, -0.05) is 26.7 Å². The Morgan fingerprint density at radius 3 is 2.76 bits per heavy atom. The first-order valence-electron chi connectivity index (χ1n) is 7.00. The number of hydrogen-bond donors (Lipinski definition) is 1. The van der Waals surface area contributed by atoms with Crippen molar-refractivity contribution in [3.63, 3.8) is 0 Å². The Hall–Kier alpha value is -0.830. The number of aryl methyl sites for hydroxylation is 2. The molecule has 0 aliphatic heterocycles. The zero-order valence-electron chi connectivity index (χ0n) is 11.4. The quantitative estimate of drug-likeness (QED) is 0.787. The Morgan fingerprint density at radius 1 is 1.47 bits per heavy atom. The van der Waals surface area contributed by atoms with Gasteiger partial charge in [0.05, 0.1) is 11.4 Å². The fraction of sp³-hybridized carbons (Fsp3) is 0.786. The van der Waals surface area contributed by atoms with Crippen LogP contribution < -0.4 is 5.32 Å². The molecule has 0 radical (unpaired) electrons. The normalized spacial score (nSPS) is 17.4. The molecule has 1 saturated carbocycles. The maximum absolute atomic E-state index is 4.56. The summed E-state index contributed by atoms with van der Waals surface area (Å²) in [6.07, 6.45) is 6.34. The van der Waals surface area contributed by atoms with Crippen LogP contribution in [0.1, 0.15) is 57.0 Å². The van der Waals surface area contributed by atoms with E-state index in [1.54, 1.807) is 0 Å². The van der Waals surface area contributed by atoms with Gasteiger partial charge in [0.2, 0.25) is 0 Å². The van der Waals surface area contributed by atoms with Crippen molar-refractivity contribution in [2.75, 3.05) is 6.54 Å². The summed E-state index contributed by atoms with van der Waals surface area (Å²) in [4.78, 5) is 0. The van der Waals surface area contributed by atoms with E-state index in [-0.39, 0.29) is 0 Å². The van der Waals surface area contributed by atoms with E-state index in [2.05, 4.69) is 42.1 Å². The lowest BCUT2D eigenvalue weighted by Crippen LogP contribution is -2.24. The summed E-state index contributed by atoms with van der Waals surface area (Å²) in [6.45, 7) is 5.49.